The summed E-state index contributed by atoms with van der Waals surface area (Å²) in [5, 5.41) is 8.77. The van der Waals surface area contributed by atoms with Gasteiger partial charge in [-0.25, -0.2) is 4.79 Å². The lowest BCUT2D eigenvalue weighted by molar-refractivity contribution is -0.141. The Hall–Kier alpha value is -1.48. The number of terminal acetylenes is 1. The molecule has 0 aliphatic rings. The Morgan fingerprint density at radius 1 is 1.62 bits per heavy atom. The van der Waals surface area contributed by atoms with Gasteiger partial charge in [-0.2, -0.15) is 0 Å². The molecule has 0 aromatic rings. The molecule has 1 N–H and O–H groups in total. The summed E-state index contributed by atoms with van der Waals surface area (Å²) in [6, 6.07) is 0. The lowest BCUT2D eigenvalue weighted by Gasteiger charge is -2.06. The monoisotopic (exact) mass is 180 g/mol. The van der Waals surface area contributed by atoms with E-state index < -0.39 is 11.5 Å². The summed E-state index contributed by atoms with van der Waals surface area (Å²) >= 11 is 0. The van der Waals surface area contributed by atoms with E-state index >= 15 is 0 Å². The summed E-state index contributed by atoms with van der Waals surface area (Å²) in [7, 11) is 0. The minimum atomic E-state index is -1.16. The van der Waals surface area contributed by atoms with Crippen molar-refractivity contribution in [1.82, 2.24) is 0 Å². The maximum atomic E-state index is 10.7. The highest BCUT2D eigenvalue weighted by Gasteiger charge is 2.43. The molecule has 0 saturated carbocycles. The van der Waals surface area contributed by atoms with Gasteiger partial charge < -0.3 is 5.11 Å². The maximum absolute atomic E-state index is 10.7. The van der Waals surface area contributed by atoms with Gasteiger partial charge in [-0.3, -0.25) is 0 Å². The number of carboxylic acid groups (broad SMARTS) is 1. The molecule has 0 saturated heterocycles. The number of rotatable bonds is 5. The predicted octanol–water partition coefficient (Wildman–Crippen LogP) is 1.99. The zero-order valence-electron chi connectivity index (χ0n) is 7.79. The lowest BCUT2D eigenvalue weighted by Crippen LogP contribution is -2.31. The van der Waals surface area contributed by atoms with Gasteiger partial charge in [0.15, 0.2) is 0 Å². The molecule has 1 unspecified atom stereocenters. The average Bonchev–Trinajstić information content (AvgIpc) is 2.12. The molecule has 0 heterocycles. The third kappa shape index (κ3) is 3.62. The number of aliphatic carboxylic acids is 1. The lowest BCUT2D eigenvalue weighted by atomic mass is 9.96. The van der Waals surface area contributed by atoms with E-state index in [1.165, 1.54) is 6.92 Å². The topological polar surface area (TPSA) is 41.7 Å². The molecule has 70 valence electrons. The van der Waals surface area contributed by atoms with E-state index in [1.807, 2.05) is 0 Å². The second kappa shape index (κ2) is 5.22. The highest BCUT2D eigenvalue weighted by molar-refractivity contribution is 5.80. The third-order valence-electron chi connectivity index (χ3n) is 1.98. The maximum Gasteiger partial charge on any atom is 0.395 e. The van der Waals surface area contributed by atoms with Gasteiger partial charge in [0.05, 0.1) is 0 Å². The first kappa shape index (κ1) is 11.5. The highest BCUT2D eigenvalue weighted by Crippen LogP contribution is 2.19. The first-order chi connectivity index (χ1) is 6.06. The Morgan fingerprint density at radius 2 is 2.23 bits per heavy atom. The van der Waals surface area contributed by atoms with E-state index in [2.05, 4.69) is 10.8 Å². The quantitative estimate of drug-likeness (QED) is 0.519. The molecule has 0 spiro atoms. The smallest absolute Gasteiger partial charge is 0.395 e. The first-order valence-corrected chi connectivity index (χ1v) is 4.16. The van der Waals surface area contributed by atoms with Gasteiger partial charge in [-0.1, -0.05) is 4.85 Å². The zero-order valence-corrected chi connectivity index (χ0v) is 7.79. The molecule has 0 radical (unpaired) electrons. The van der Waals surface area contributed by atoms with Crippen LogP contribution in [-0.2, 0) is 4.79 Å². The van der Waals surface area contributed by atoms with Crippen molar-refractivity contribution in [2.75, 3.05) is 0 Å². The van der Waals surface area contributed by atoms with Crippen LogP contribution in [0.1, 0.15) is 32.6 Å². The van der Waals surface area contributed by atoms with E-state index in [0.717, 1.165) is 12.8 Å². The van der Waals surface area contributed by atoms with E-state index in [9.17, 15) is 4.79 Å². The fraction of sp³-hybridized carbons (Fsp3) is 0.600. The number of carboxylic acids is 1. The summed E-state index contributed by atoms with van der Waals surface area (Å²) in [4.78, 5) is 14.1. The van der Waals surface area contributed by atoms with E-state index in [1.54, 1.807) is 0 Å². The summed E-state index contributed by atoms with van der Waals surface area (Å²) in [5.74, 6) is 1.50. The minimum absolute atomic E-state index is 0.431. The minimum Gasteiger partial charge on any atom is -0.475 e. The van der Waals surface area contributed by atoms with Crippen LogP contribution in [0.15, 0.2) is 0 Å². The van der Waals surface area contributed by atoms with Crippen LogP contribution < -0.4 is 0 Å². The molecule has 0 aromatic heterocycles. The predicted molar refractivity (Wildman–Crippen MR) is 51.6 cm³/mol. The Kier molecular flexibility index (Phi) is 4.62. The molecule has 0 aromatic carbocycles. The second-order valence-corrected chi connectivity index (χ2v) is 3.12. The molecule has 3 nitrogen and oxygen atoms in total. The summed E-state index contributed by atoms with van der Waals surface area (Å²) in [6.07, 6.45) is 7.70. The molecule has 0 rings (SSSR count). The second-order valence-electron chi connectivity index (χ2n) is 3.12. The molecule has 3 heteroatoms. The van der Waals surface area contributed by atoms with Gasteiger partial charge >= 0.3 is 11.5 Å². The number of hydrogen-bond acceptors (Lipinski definition) is 1. The highest BCUT2D eigenvalue weighted by atomic mass is 16.4. The van der Waals surface area contributed by atoms with E-state index in [-0.39, 0.29) is 0 Å². The molecule has 0 aliphatic heterocycles. The van der Waals surface area contributed by atoms with Gasteiger partial charge in [0.1, 0.15) is 0 Å². The van der Waals surface area contributed by atoms with Gasteiger partial charge in [0.2, 0.25) is 0 Å². The van der Waals surface area contributed by atoms with Crippen molar-refractivity contribution in [3.63, 3.8) is 0 Å². The van der Waals surface area contributed by atoms with Crippen LogP contribution in [0.5, 0.6) is 0 Å². The average molecular weight is 180 g/mol. The molecule has 0 bridgehead atoms. The molecule has 0 aliphatic carbocycles. The van der Waals surface area contributed by atoms with Crippen LogP contribution in [0.2, 0.25) is 0 Å². The molecule has 13 heavy (non-hydrogen) atoms. The first-order valence-electron chi connectivity index (χ1n) is 4.16. The van der Waals surface area contributed by atoms with Crippen LogP contribution in [0.25, 0.3) is 4.85 Å². The van der Waals surface area contributed by atoms with Crippen molar-refractivity contribution in [1.29, 1.82) is 0 Å². The SMILES string of the molecule is C#CCCCCC(C)([N+]#C)C(=O)O. The Balaban J connectivity index is 3.96. The van der Waals surface area contributed by atoms with Crippen LogP contribution in [0.4, 0.5) is 0 Å². The number of unbranched alkanes of at least 4 members (excludes halogenated alkanes) is 2. The van der Waals surface area contributed by atoms with Crippen molar-refractivity contribution in [2.45, 2.75) is 38.1 Å². The van der Waals surface area contributed by atoms with Crippen molar-refractivity contribution in [2.24, 2.45) is 0 Å². The standard InChI is InChI=1S/C10H13NO2/c1-4-5-6-7-8-10(2,11-3)9(12)13/h1,3H,5-8H2,2H3/p+1. The van der Waals surface area contributed by atoms with Crippen molar-refractivity contribution >= 4 is 5.97 Å². The third-order valence-corrected chi connectivity index (χ3v) is 1.98. The van der Waals surface area contributed by atoms with Crippen LogP contribution in [0, 0.1) is 18.9 Å². The summed E-state index contributed by atoms with van der Waals surface area (Å²) in [6.45, 7) is 6.53. The Labute approximate surface area is 78.6 Å². The van der Waals surface area contributed by atoms with Crippen molar-refractivity contribution < 1.29 is 9.90 Å². The normalized spacial score (nSPS) is 13.8. The van der Waals surface area contributed by atoms with Crippen molar-refractivity contribution in [3.8, 4) is 18.9 Å². The van der Waals surface area contributed by atoms with Gasteiger partial charge in [0.25, 0.3) is 6.57 Å². The van der Waals surface area contributed by atoms with Crippen LogP contribution >= 0.6 is 0 Å². The van der Waals surface area contributed by atoms with Gasteiger partial charge in [-0.05, 0) is 12.8 Å². The molecular formula is C10H14NO2+. The van der Waals surface area contributed by atoms with Gasteiger partial charge in [0, 0.05) is 19.8 Å². The van der Waals surface area contributed by atoms with Gasteiger partial charge in [-0.15, -0.1) is 12.3 Å². The Bertz CT molecular complexity index is 259. The summed E-state index contributed by atoms with van der Waals surface area (Å²) in [5.41, 5.74) is -1.16. The number of hydrogen-bond donors (Lipinski definition) is 1. The molecule has 0 fully saturated rings. The fourth-order valence-corrected chi connectivity index (χ4v) is 0.923. The van der Waals surface area contributed by atoms with Crippen molar-refractivity contribution in [3.05, 3.63) is 4.85 Å². The molecule has 1 atom stereocenters. The zero-order chi connectivity index (χ0) is 10.3. The van der Waals surface area contributed by atoms with E-state index in [4.69, 9.17) is 18.1 Å². The van der Waals surface area contributed by atoms with Crippen LogP contribution in [0.3, 0.4) is 0 Å². The summed E-state index contributed by atoms with van der Waals surface area (Å²) < 4.78 is 0. The molecular weight excluding hydrogens is 166 g/mol. The van der Waals surface area contributed by atoms with Crippen LogP contribution in [-0.4, -0.2) is 16.6 Å². The Morgan fingerprint density at radius 3 is 2.62 bits per heavy atom. The van der Waals surface area contributed by atoms with E-state index in [0.29, 0.717) is 12.8 Å². The largest absolute Gasteiger partial charge is 0.475 e. The fourth-order valence-electron chi connectivity index (χ4n) is 0.923. The number of carbonyl (C=O) groups is 1. The molecule has 0 amide bonds. The number of nitrogens with zero attached hydrogens (tertiary/aromatic N) is 1.